The van der Waals surface area contributed by atoms with Gasteiger partial charge in [0.2, 0.25) is 0 Å². The van der Waals surface area contributed by atoms with Gasteiger partial charge >= 0.3 is 0 Å². The number of guanidine groups is 1. The van der Waals surface area contributed by atoms with Crippen molar-refractivity contribution >= 4 is 29.9 Å². The number of ether oxygens (including phenoxy) is 1. The molecule has 1 aromatic heterocycles. The molecule has 0 bridgehead atoms. The number of nitrogens with zero attached hydrogens (tertiary/aromatic N) is 3. The van der Waals surface area contributed by atoms with Gasteiger partial charge in [0.15, 0.2) is 5.96 Å². The fraction of sp³-hybridized carbons (Fsp3) is 0.273. The number of para-hydroxylation sites is 2. The van der Waals surface area contributed by atoms with E-state index in [1.54, 1.807) is 12.5 Å². The minimum Gasteiger partial charge on any atom is -0.488 e. The van der Waals surface area contributed by atoms with Crippen LogP contribution in [0, 0.1) is 0 Å². The molecule has 0 saturated heterocycles. The zero-order valence-electron chi connectivity index (χ0n) is 16.4. The molecule has 1 unspecified atom stereocenters. The summed E-state index contributed by atoms with van der Waals surface area (Å²) >= 11 is 0. The standard InChI is InChI=1S/C22H25N5O.HI/c1-2-24-22(26-15-19-13-17-7-4-6-10-21(17)28-19)25-14-18-8-3-5-9-20(18)27-12-11-23-16-27;/h3-12,16,19H,2,13-15H2,1H3,(H2,24,25,26);1H. The second kappa shape index (κ2) is 10.3. The van der Waals surface area contributed by atoms with Crippen molar-refractivity contribution in [1.29, 1.82) is 0 Å². The largest absolute Gasteiger partial charge is 0.488 e. The van der Waals surface area contributed by atoms with Crippen LogP contribution < -0.4 is 15.4 Å². The van der Waals surface area contributed by atoms with E-state index < -0.39 is 0 Å². The molecular formula is C22H26IN5O. The van der Waals surface area contributed by atoms with Crippen molar-refractivity contribution in [2.75, 3.05) is 13.1 Å². The average Bonchev–Trinajstić information content (AvgIpc) is 3.40. The van der Waals surface area contributed by atoms with Gasteiger partial charge in [-0.1, -0.05) is 36.4 Å². The lowest BCUT2D eigenvalue weighted by atomic mass is 10.1. The van der Waals surface area contributed by atoms with Gasteiger partial charge in [-0.3, -0.25) is 0 Å². The minimum atomic E-state index is 0. The quantitative estimate of drug-likeness (QED) is 0.307. The molecule has 152 valence electrons. The van der Waals surface area contributed by atoms with Crippen LogP contribution in [0.4, 0.5) is 0 Å². The topological polar surface area (TPSA) is 63.5 Å². The summed E-state index contributed by atoms with van der Waals surface area (Å²) < 4.78 is 8.02. The summed E-state index contributed by atoms with van der Waals surface area (Å²) in [7, 11) is 0. The van der Waals surface area contributed by atoms with Crippen molar-refractivity contribution < 1.29 is 4.74 Å². The molecule has 2 heterocycles. The summed E-state index contributed by atoms with van der Waals surface area (Å²) in [6.07, 6.45) is 6.58. The van der Waals surface area contributed by atoms with Crippen LogP contribution >= 0.6 is 24.0 Å². The summed E-state index contributed by atoms with van der Waals surface area (Å²) in [6, 6.07) is 16.5. The van der Waals surface area contributed by atoms with Crippen molar-refractivity contribution in [2.45, 2.75) is 26.0 Å². The highest BCUT2D eigenvalue weighted by Gasteiger charge is 2.22. The van der Waals surface area contributed by atoms with E-state index in [1.165, 1.54) is 5.56 Å². The Morgan fingerprint density at radius 1 is 1.17 bits per heavy atom. The molecule has 6 nitrogen and oxygen atoms in total. The number of hydrogen-bond acceptors (Lipinski definition) is 3. The maximum absolute atomic E-state index is 6.01. The predicted octanol–water partition coefficient (Wildman–Crippen LogP) is 3.55. The number of aromatic nitrogens is 2. The fourth-order valence-electron chi connectivity index (χ4n) is 3.38. The van der Waals surface area contributed by atoms with Gasteiger partial charge in [-0.25, -0.2) is 9.98 Å². The van der Waals surface area contributed by atoms with Crippen LogP contribution in [-0.2, 0) is 13.0 Å². The second-order valence-corrected chi connectivity index (χ2v) is 6.73. The summed E-state index contributed by atoms with van der Waals surface area (Å²) in [4.78, 5) is 8.91. The molecule has 1 aliphatic heterocycles. The smallest absolute Gasteiger partial charge is 0.191 e. The molecule has 29 heavy (non-hydrogen) atoms. The van der Waals surface area contributed by atoms with Crippen LogP contribution in [0.1, 0.15) is 18.1 Å². The fourth-order valence-corrected chi connectivity index (χ4v) is 3.38. The normalized spacial score (nSPS) is 15.2. The second-order valence-electron chi connectivity index (χ2n) is 6.73. The van der Waals surface area contributed by atoms with E-state index in [0.717, 1.165) is 35.9 Å². The molecule has 0 fully saturated rings. The van der Waals surface area contributed by atoms with Crippen molar-refractivity contribution in [3.8, 4) is 11.4 Å². The van der Waals surface area contributed by atoms with Gasteiger partial charge in [-0.15, -0.1) is 24.0 Å². The van der Waals surface area contributed by atoms with Gasteiger partial charge < -0.3 is 19.9 Å². The lowest BCUT2D eigenvalue weighted by molar-refractivity contribution is 0.235. The first-order chi connectivity index (χ1) is 13.8. The highest BCUT2D eigenvalue weighted by atomic mass is 127. The number of aliphatic imine (C=N–C) groups is 1. The van der Waals surface area contributed by atoms with E-state index in [2.05, 4.69) is 46.8 Å². The van der Waals surface area contributed by atoms with Gasteiger partial charge in [0.1, 0.15) is 11.9 Å². The highest BCUT2D eigenvalue weighted by Crippen LogP contribution is 2.27. The third kappa shape index (κ3) is 5.29. The molecule has 2 N–H and O–H groups in total. The molecule has 0 amide bonds. The summed E-state index contributed by atoms with van der Waals surface area (Å²) in [6.45, 7) is 4.17. The van der Waals surface area contributed by atoms with Gasteiger partial charge in [-0.2, -0.15) is 0 Å². The lowest BCUT2D eigenvalue weighted by Gasteiger charge is -2.16. The van der Waals surface area contributed by atoms with Crippen LogP contribution in [0.15, 0.2) is 72.2 Å². The highest BCUT2D eigenvalue weighted by molar-refractivity contribution is 14.0. The number of benzene rings is 2. The molecular weight excluding hydrogens is 477 g/mol. The maximum atomic E-state index is 6.01. The SMILES string of the molecule is CCNC(=NCc1ccccc1-n1ccnc1)NCC1Cc2ccccc2O1.I. The molecule has 0 aliphatic carbocycles. The molecule has 4 rings (SSSR count). The monoisotopic (exact) mass is 503 g/mol. The van der Waals surface area contributed by atoms with Crippen molar-refractivity contribution in [2.24, 2.45) is 4.99 Å². The summed E-state index contributed by atoms with van der Waals surface area (Å²) in [5, 5.41) is 6.73. The van der Waals surface area contributed by atoms with Crippen LogP contribution in [-0.4, -0.2) is 34.7 Å². The van der Waals surface area contributed by atoms with E-state index in [4.69, 9.17) is 9.73 Å². The van der Waals surface area contributed by atoms with E-state index in [-0.39, 0.29) is 30.1 Å². The Morgan fingerprint density at radius 3 is 2.79 bits per heavy atom. The van der Waals surface area contributed by atoms with Crippen molar-refractivity contribution in [3.05, 3.63) is 78.4 Å². The third-order valence-corrected chi connectivity index (χ3v) is 4.74. The zero-order valence-corrected chi connectivity index (χ0v) is 18.7. The van der Waals surface area contributed by atoms with Gasteiger partial charge in [-0.05, 0) is 30.2 Å². The van der Waals surface area contributed by atoms with E-state index in [9.17, 15) is 0 Å². The van der Waals surface area contributed by atoms with E-state index in [0.29, 0.717) is 13.1 Å². The first kappa shape index (κ1) is 21.2. The number of hydrogen-bond donors (Lipinski definition) is 2. The number of nitrogens with one attached hydrogen (secondary N) is 2. The van der Waals surface area contributed by atoms with Crippen LogP contribution in [0.5, 0.6) is 5.75 Å². The zero-order chi connectivity index (χ0) is 19.2. The number of rotatable bonds is 6. The van der Waals surface area contributed by atoms with Crippen LogP contribution in [0.3, 0.4) is 0 Å². The summed E-state index contributed by atoms with van der Waals surface area (Å²) in [5.74, 6) is 1.79. The number of imidazole rings is 1. The Labute approximate surface area is 188 Å². The van der Waals surface area contributed by atoms with Crippen molar-refractivity contribution in [1.82, 2.24) is 20.2 Å². The Bertz CT molecular complexity index is 917. The molecule has 0 spiro atoms. The Balaban J connectivity index is 0.00000240. The van der Waals surface area contributed by atoms with E-state index in [1.807, 2.05) is 35.0 Å². The molecule has 2 aromatic carbocycles. The molecule has 0 radical (unpaired) electrons. The third-order valence-electron chi connectivity index (χ3n) is 4.74. The molecule has 1 atom stereocenters. The molecule has 1 aliphatic rings. The number of fused-ring (bicyclic) bond motifs is 1. The van der Waals surface area contributed by atoms with E-state index >= 15 is 0 Å². The van der Waals surface area contributed by atoms with Gasteiger partial charge in [0, 0.05) is 25.4 Å². The van der Waals surface area contributed by atoms with Crippen molar-refractivity contribution in [3.63, 3.8) is 0 Å². The maximum Gasteiger partial charge on any atom is 0.191 e. The Kier molecular flexibility index (Phi) is 7.51. The molecule has 7 heteroatoms. The lowest BCUT2D eigenvalue weighted by Crippen LogP contribution is -2.42. The first-order valence-corrected chi connectivity index (χ1v) is 9.66. The van der Waals surface area contributed by atoms with Crippen LogP contribution in [0.2, 0.25) is 0 Å². The van der Waals surface area contributed by atoms with Gasteiger partial charge in [0.05, 0.1) is 25.1 Å². The Hall–Kier alpha value is -2.55. The van der Waals surface area contributed by atoms with Crippen LogP contribution in [0.25, 0.3) is 5.69 Å². The average molecular weight is 503 g/mol. The summed E-state index contributed by atoms with van der Waals surface area (Å²) in [5.41, 5.74) is 3.50. The molecule has 0 saturated carbocycles. The van der Waals surface area contributed by atoms with Gasteiger partial charge in [0.25, 0.3) is 0 Å². The Morgan fingerprint density at radius 2 is 2.00 bits per heavy atom. The predicted molar refractivity (Wildman–Crippen MR) is 126 cm³/mol. The minimum absolute atomic E-state index is 0. The number of halogens is 1. The first-order valence-electron chi connectivity index (χ1n) is 9.66. The molecule has 3 aromatic rings.